The number of hydrogen-bond donors (Lipinski definition) is 1. The molecule has 0 aliphatic heterocycles. The summed E-state index contributed by atoms with van der Waals surface area (Å²) in [6.07, 6.45) is 5.24. The third kappa shape index (κ3) is 2.06. The highest BCUT2D eigenvalue weighted by Crippen LogP contribution is 2.22. The largest absolute Gasteiger partial charge is 0.464 e. The van der Waals surface area contributed by atoms with Gasteiger partial charge in [0.2, 0.25) is 0 Å². The number of aromatic amines is 1. The van der Waals surface area contributed by atoms with Crippen LogP contribution in [0.15, 0.2) is 42.9 Å². The number of carbonyl (C=O) groups is 1. The predicted octanol–water partition coefficient (Wildman–Crippen LogP) is 2.41. The second kappa shape index (κ2) is 4.53. The van der Waals surface area contributed by atoms with Crippen molar-refractivity contribution >= 4 is 17.0 Å². The fourth-order valence-electron chi connectivity index (χ4n) is 1.93. The van der Waals surface area contributed by atoms with Gasteiger partial charge >= 0.3 is 5.97 Å². The summed E-state index contributed by atoms with van der Waals surface area (Å²) in [6.45, 7) is 0. The highest BCUT2D eigenvalue weighted by molar-refractivity contribution is 5.94. The van der Waals surface area contributed by atoms with Crippen molar-refractivity contribution in [3.63, 3.8) is 0 Å². The van der Waals surface area contributed by atoms with Crippen molar-refractivity contribution in [3.05, 3.63) is 48.5 Å². The SMILES string of the molecule is COC(=O)c1cc2cc(-c3cccnc3)cnc2[nH]1. The number of aromatic nitrogens is 3. The van der Waals surface area contributed by atoms with Gasteiger partial charge in [-0.2, -0.15) is 0 Å². The van der Waals surface area contributed by atoms with Crippen molar-refractivity contribution in [3.8, 4) is 11.1 Å². The number of nitrogens with one attached hydrogen (secondary N) is 1. The van der Waals surface area contributed by atoms with Gasteiger partial charge < -0.3 is 9.72 Å². The van der Waals surface area contributed by atoms with Gasteiger partial charge in [-0.25, -0.2) is 9.78 Å². The van der Waals surface area contributed by atoms with Gasteiger partial charge in [0.05, 0.1) is 7.11 Å². The van der Waals surface area contributed by atoms with Crippen LogP contribution in [0.1, 0.15) is 10.5 Å². The average molecular weight is 253 g/mol. The molecule has 5 nitrogen and oxygen atoms in total. The molecule has 0 fully saturated rings. The Morgan fingerprint density at radius 2 is 2.16 bits per heavy atom. The molecule has 0 bridgehead atoms. The van der Waals surface area contributed by atoms with Crippen LogP contribution in [0.2, 0.25) is 0 Å². The fraction of sp³-hybridized carbons (Fsp3) is 0.0714. The molecule has 19 heavy (non-hydrogen) atoms. The zero-order valence-electron chi connectivity index (χ0n) is 10.3. The van der Waals surface area contributed by atoms with Gasteiger partial charge in [0.25, 0.3) is 0 Å². The minimum atomic E-state index is -0.402. The zero-order chi connectivity index (χ0) is 13.2. The zero-order valence-corrected chi connectivity index (χ0v) is 10.3. The summed E-state index contributed by atoms with van der Waals surface area (Å²) in [5.41, 5.74) is 3.00. The van der Waals surface area contributed by atoms with Gasteiger partial charge in [-0.3, -0.25) is 4.98 Å². The molecule has 3 aromatic rings. The van der Waals surface area contributed by atoms with Crippen LogP contribution in [0.4, 0.5) is 0 Å². The highest BCUT2D eigenvalue weighted by atomic mass is 16.5. The lowest BCUT2D eigenvalue weighted by molar-refractivity contribution is 0.0595. The van der Waals surface area contributed by atoms with Crippen molar-refractivity contribution in [1.29, 1.82) is 0 Å². The van der Waals surface area contributed by atoms with Gasteiger partial charge in [-0.1, -0.05) is 6.07 Å². The maximum Gasteiger partial charge on any atom is 0.354 e. The number of esters is 1. The molecule has 94 valence electrons. The van der Waals surface area contributed by atoms with E-state index >= 15 is 0 Å². The number of hydrogen-bond acceptors (Lipinski definition) is 4. The van der Waals surface area contributed by atoms with Crippen molar-refractivity contribution in [2.45, 2.75) is 0 Å². The smallest absolute Gasteiger partial charge is 0.354 e. The Morgan fingerprint density at radius 3 is 2.89 bits per heavy atom. The number of pyridine rings is 2. The van der Waals surface area contributed by atoms with E-state index in [9.17, 15) is 4.79 Å². The summed E-state index contributed by atoms with van der Waals surface area (Å²) >= 11 is 0. The van der Waals surface area contributed by atoms with Crippen molar-refractivity contribution < 1.29 is 9.53 Å². The standard InChI is InChI=1S/C14H11N3O2/c1-19-14(18)12-6-10-5-11(8-16-13(10)17-12)9-3-2-4-15-7-9/h2-8H,1H3,(H,16,17). The van der Waals surface area contributed by atoms with E-state index in [2.05, 4.69) is 19.7 Å². The second-order valence-electron chi connectivity index (χ2n) is 4.08. The molecule has 0 unspecified atom stereocenters. The van der Waals surface area contributed by atoms with E-state index in [0.717, 1.165) is 16.5 Å². The molecule has 3 aromatic heterocycles. The van der Waals surface area contributed by atoms with E-state index in [0.29, 0.717) is 11.3 Å². The molecule has 0 amide bonds. The normalized spacial score (nSPS) is 10.6. The van der Waals surface area contributed by atoms with Crippen LogP contribution in [0.25, 0.3) is 22.2 Å². The number of carbonyl (C=O) groups excluding carboxylic acids is 1. The minimum absolute atomic E-state index is 0.397. The number of nitrogens with zero attached hydrogens (tertiary/aromatic N) is 2. The molecule has 0 saturated heterocycles. The molecular formula is C14H11N3O2. The first kappa shape index (κ1) is 11.4. The third-order valence-electron chi connectivity index (χ3n) is 2.87. The number of rotatable bonds is 2. The first-order valence-corrected chi connectivity index (χ1v) is 5.75. The Hall–Kier alpha value is -2.69. The van der Waals surface area contributed by atoms with E-state index in [-0.39, 0.29) is 0 Å². The maximum absolute atomic E-state index is 11.4. The van der Waals surface area contributed by atoms with Crippen molar-refractivity contribution in [2.24, 2.45) is 0 Å². The Labute approximate surface area is 109 Å². The Bertz CT molecular complexity index is 735. The van der Waals surface area contributed by atoms with Crippen LogP contribution in [-0.4, -0.2) is 28.0 Å². The molecular weight excluding hydrogens is 242 g/mol. The van der Waals surface area contributed by atoms with E-state index in [1.807, 2.05) is 18.2 Å². The average Bonchev–Trinajstić information content (AvgIpc) is 2.90. The minimum Gasteiger partial charge on any atom is -0.464 e. The lowest BCUT2D eigenvalue weighted by Crippen LogP contribution is -2.00. The summed E-state index contributed by atoms with van der Waals surface area (Å²) in [5, 5.41) is 0.863. The van der Waals surface area contributed by atoms with Gasteiger partial charge in [-0.15, -0.1) is 0 Å². The molecule has 0 aliphatic carbocycles. The van der Waals surface area contributed by atoms with E-state index < -0.39 is 5.97 Å². The lowest BCUT2D eigenvalue weighted by Gasteiger charge is -1.99. The monoisotopic (exact) mass is 253 g/mol. The van der Waals surface area contributed by atoms with Crippen LogP contribution in [0.3, 0.4) is 0 Å². The molecule has 5 heteroatoms. The molecule has 0 aromatic carbocycles. The summed E-state index contributed by atoms with van der Waals surface area (Å²) in [7, 11) is 1.35. The Balaban J connectivity index is 2.09. The highest BCUT2D eigenvalue weighted by Gasteiger charge is 2.10. The first-order chi connectivity index (χ1) is 9.28. The first-order valence-electron chi connectivity index (χ1n) is 5.75. The summed E-state index contributed by atoms with van der Waals surface area (Å²) < 4.78 is 4.67. The third-order valence-corrected chi connectivity index (χ3v) is 2.87. The second-order valence-corrected chi connectivity index (χ2v) is 4.08. The molecule has 0 atom stereocenters. The van der Waals surface area contributed by atoms with Crippen LogP contribution < -0.4 is 0 Å². The van der Waals surface area contributed by atoms with Crippen LogP contribution in [0, 0.1) is 0 Å². The Morgan fingerprint density at radius 1 is 1.26 bits per heavy atom. The van der Waals surface area contributed by atoms with E-state index in [4.69, 9.17) is 0 Å². The molecule has 3 heterocycles. The van der Waals surface area contributed by atoms with Gasteiger partial charge in [0.1, 0.15) is 11.3 Å². The number of methoxy groups -OCH3 is 1. The van der Waals surface area contributed by atoms with Crippen LogP contribution in [0.5, 0.6) is 0 Å². The van der Waals surface area contributed by atoms with Gasteiger partial charge in [-0.05, 0) is 18.2 Å². The number of fused-ring (bicyclic) bond motifs is 1. The fourth-order valence-corrected chi connectivity index (χ4v) is 1.93. The number of H-pyrrole nitrogens is 1. The van der Waals surface area contributed by atoms with Gasteiger partial charge in [0, 0.05) is 35.1 Å². The Kier molecular flexibility index (Phi) is 2.72. The van der Waals surface area contributed by atoms with Gasteiger partial charge in [0.15, 0.2) is 0 Å². The molecule has 0 spiro atoms. The van der Waals surface area contributed by atoms with E-state index in [1.54, 1.807) is 24.7 Å². The quantitative estimate of drug-likeness (QED) is 0.712. The van der Waals surface area contributed by atoms with Crippen LogP contribution in [-0.2, 0) is 4.74 Å². The maximum atomic E-state index is 11.4. The molecule has 0 radical (unpaired) electrons. The lowest BCUT2D eigenvalue weighted by atomic mass is 10.1. The van der Waals surface area contributed by atoms with Crippen LogP contribution >= 0.6 is 0 Å². The van der Waals surface area contributed by atoms with Crippen molar-refractivity contribution in [2.75, 3.05) is 7.11 Å². The summed E-state index contributed by atoms with van der Waals surface area (Å²) in [4.78, 5) is 22.8. The summed E-state index contributed by atoms with van der Waals surface area (Å²) in [6, 6.07) is 7.52. The van der Waals surface area contributed by atoms with E-state index in [1.165, 1.54) is 7.11 Å². The molecule has 1 N–H and O–H groups in total. The van der Waals surface area contributed by atoms with Crippen molar-refractivity contribution in [1.82, 2.24) is 15.0 Å². The molecule has 0 saturated carbocycles. The molecule has 3 rings (SSSR count). The predicted molar refractivity (Wildman–Crippen MR) is 70.7 cm³/mol. The summed E-state index contributed by atoms with van der Waals surface area (Å²) in [5.74, 6) is -0.402. The topological polar surface area (TPSA) is 67.9 Å². The molecule has 0 aliphatic rings. The number of ether oxygens (including phenoxy) is 1.